The van der Waals surface area contributed by atoms with Crippen molar-refractivity contribution >= 4 is 33.6 Å². The quantitative estimate of drug-likeness (QED) is 0.516. The topological polar surface area (TPSA) is 118 Å². The fraction of sp³-hybridized carbons (Fsp3) is 0.792. The van der Waals surface area contributed by atoms with E-state index in [9.17, 15) is 5.11 Å². The number of anilines is 1. The summed E-state index contributed by atoms with van der Waals surface area (Å²) in [5.41, 5.74) is 5.97. The third-order valence-electron chi connectivity index (χ3n) is 8.02. The summed E-state index contributed by atoms with van der Waals surface area (Å²) in [6.07, 6.45) is 0.911. The molecule has 1 saturated heterocycles. The third kappa shape index (κ3) is 5.35. The molecule has 2 aromatic heterocycles. The van der Waals surface area contributed by atoms with Gasteiger partial charge >= 0.3 is 0 Å². The number of hydrogen-bond donors (Lipinski definition) is 2. The SMILES string of the molecule is CC(C)(O)[C@H]1O[C@@H](n2cnc3c(N)ncnc32)[C@H](O[Si](C)(C)C(C)(C)C)[C@@H]1O[Si](C)(C)C(C)(C)C. The molecule has 0 amide bonds. The Balaban J connectivity index is 2.18. The zero-order chi connectivity index (χ0) is 26.8. The molecule has 0 saturated carbocycles. The molecule has 0 bridgehead atoms. The molecule has 0 aliphatic carbocycles. The van der Waals surface area contributed by atoms with Gasteiger partial charge in [0.2, 0.25) is 0 Å². The van der Waals surface area contributed by atoms with Crippen molar-refractivity contribution in [3.63, 3.8) is 0 Å². The van der Waals surface area contributed by atoms with Crippen LogP contribution >= 0.6 is 0 Å². The number of nitrogens with two attached hydrogens (primary N) is 1. The zero-order valence-electron chi connectivity index (χ0n) is 23.5. The second-order valence-electron chi connectivity index (χ2n) is 13.4. The van der Waals surface area contributed by atoms with Gasteiger partial charge in [-0.25, -0.2) is 15.0 Å². The Morgan fingerprint density at radius 2 is 1.40 bits per heavy atom. The number of nitrogens with zero attached hydrogens (tertiary/aromatic N) is 4. The molecule has 4 atom stereocenters. The summed E-state index contributed by atoms with van der Waals surface area (Å²) in [5, 5.41) is 11.2. The normalized spacial score (nSPS) is 24.9. The van der Waals surface area contributed by atoms with Gasteiger partial charge in [0.15, 0.2) is 34.3 Å². The van der Waals surface area contributed by atoms with Crippen molar-refractivity contribution < 1.29 is 18.7 Å². The summed E-state index contributed by atoms with van der Waals surface area (Å²) in [7, 11) is -4.53. The lowest BCUT2D eigenvalue weighted by Gasteiger charge is -2.45. The molecule has 0 spiro atoms. The first-order valence-electron chi connectivity index (χ1n) is 12.3. The molecule has 9 nitrogen and oxygen atoms in total. The van der Waals surface area contributed by atoms with Crippen LogP contribution in [0.2, 0.25) is 36.3 Å². The number of imidazole rings is 1. The maximum absolute atomic E-state index is 11.2. The molecule has 0 aromatic carbocycles. The molecule has 0 unspecified atom stereocenters. The second-order valence-corrected chi connectivity index (χ2v) is 22.9. The Bertz CT molecular complexity index is 1050. The second kappa shape index (κ2) is 8.88. The minimum Gasteiger partial charge on any atom is -0.408 e. The number of fused-ring (bicyclic) bond motifs is 1. The van der Waals surface area contributed by atoms with Crippen LogP contribution in [0.5, 0.6) is 0 Å². The van der Waals surface area contributed by atoms with Crippen LogP contribution in [0.3, 0.4) is 0 Å². The van der Waals surface area contributed by atoms with Crippen LogP contribution in [0.15, 0.2) is 12.7 Å². The first-order valence-corrected chi connectivity index (χ1v) is 18.2. The molecule has 198 valence electrons. The number of aliphatic hydroxyl groups is 1. The van der Waals surface area contributed by atoms with E-state index in [1.165, 1.54) is 6.33 Å². The standard InChI is InChI=1S/C24H45N5O4Si2/c1-22(2,3)34(9,10)32-16-17(33-35(11,12)23(4,5)6)21(31-18(16)24(7,8)30)29-14-28-15-19(25)26-13-27-20(15)29/h13-14,16-18,21,30H,1-12H3,(H2,25,26,27)/t16-,17+,18-,21+/m0/s1. The van der Waals surface area contributed by atoms with E-state index in [-0.39, 0.29) is 10.1 Å². The molecule has 3 rings (SSSR count). The van der Waals surface area contributed by atoms with Gasteiger partial charge in [-0.2, -0.15) is 0 Å². The average molecular weight is 524 g/mol. The van der Waals surface area contributed by atoms with Crippen LogP contribution in [0.25, 0.3) is 11.2 Å². The highest BCUT2D eigenvalue weighted by atomic mass is 28.4. The van der Waals surface area contributed by atoms with Crippen molar-refractivity contribution in [1.82, 2.24) is 19.5 Å². The van der Waals surface area contributed by atoms with Crippen LogP contribution in [-0.4, -0.2) is 65.2 Å². The summed E-state index contributed by atoms with van der Waals surface area (Å²) in [4.78, 5) is 13.0. The van der Waals surface area contributed by atoms with Gasteiger partial charge in [0, 0.05) is 0 Å². The predicted octanol–water partition coefficient (Wildman–Crippen LogP) is 4.86. The Kier molecular flexibility index (Phi) is 7.15. The highest BCUT2D eigenvalue weighted by Gasteiger charge is 2.57. The monoisotopic (exact) mass is 523 g/mol. The number of ether oxygens (including phenoxy) is 1. The van der Waals surface area contributed by atoms with Gasteiger partial charge in [-0.15, -0.1) is 0 Å². The summed E-state index contributed by atoms with van der Waals surface area (Å²) < 4.78 is 22.5. The molecule has 1 aliphatic heterocycles. The van der Waals surface area contributed by atoms with Gasteiger partial charge < -0.3 is 24.4 Å². The van der Waals surface area contributed by atoms with E-state index in [4.69, 9.17) is 19.3 Å². The van der Waals surface area contributed by atoms with E-state index < -0.39 is 46.8 Å². The molecular weight excluding hydrogens is 478 g/mol. The first kappa shape index (κ1) is 28.2. The van der Waals surface area contributed by atoms with Crippen LogP contribution in [-0.2, 0) is 13.6 Å². The molecule has 11 heteroatoms. The maximum atomic E-state index is 11.2. The van der Waals surface area contributed by atoms with Crippen LogP contribution < -0.4 is 5.73 Å². The van der Waals surface area contributed by atoms with Gasteiger partial charge in [0.05, 0.1) is 11.9 Å². The Hall–Kier alpha value is -1.38. The third-order valence-corrected chi connectivity index (χ3v) is 17.0. The molecular formula is C24H45N5O4Si2. The minimum atomic E-state index is -2.27. The lowest BCUT2D eigenvalue weighted by atomic mass is 9.96. The van der Waals surface area contributed by atoms with E-state index in [1.807, 2.05) is 4.57 Å². The van der Waals surface area contributed by atoms with Gasteiger partial charge in [0.25, 0.3) is 0 Å². The first-order chi connectivity index (χ1) is 15.7. The average Bonchev–Trinajstić information content (AvgIpc) is 3.22. The van der Waals surface area contributed by atoms with Crippen molar-refractivity contribution in [2.45, 2.75) is 122 Å². The Labute approximate surface area is 212 Å². The van der Waals surface area contributed by atoms with Crippen molar-refractivity contribution in [3.8, 4) is 0 Å². The van der Waals surface area contributed by atoms with Crippen LogP contribution in [0.1, 0.15) is 61.6 Å². The van der Waals surface area contributed by atoms with Crippen LogP contribution in [0.4, 0.5) is 5.82 Å². The van der Waals surface area contributed by atoms with Crippen molar-refractivity contribution in [2.75, 3.05) is 5.73 Å². The van der Waals surface area contributed by atoms with E-state index >= 15 is 0 Å². The van der Waals surface area contributed by atoms with Gasteiger partial charge in [-0.05, 0) is 50.1 Å². The van der Waals surface area contributed by atoms with Gasteiger partial charge in [-0.1, -0.05) is 41.5 Å². The Morgan fingerprint density at radius 3 is 1.89 bits per heavy atom. The summed E-state index contributed by atoms with van der Waals surface area (Å²) in [6, 6.07) is 0. The fourth-order valence-electron chi connectivity index (χ4n) is 3.78. The predicted molar refractivity (Wildman–Crippen MR) is 144 cm³/mol. The van der Waals surface area contributed by atoms with Gasteiger partial charge in [-0.3, -0.25) is 4.57 Å². The van der Waals surface area contributed by atoms with E-state index in [1.54, 1.807) is 20.2 Å². The summed E-state index contributed by atoms with van der Waals surface area (Å²) >= 11 is 0. The Morgan fingerprint density at radius 1 is 0.886 bits per heavy atom. The zero-order valence-corrected chi connectivity index (χ0v) is 25.5. The number of aromatic nitrogens is 4. The number of rotatable bonds is 6. The van der Waals surface area contributed by atoms with E-state index in [0.717, 1.165) is 0 Å². The van der Waals surface area contributed by atoms with Crippen molar-refractivity contribution in [1.29, 1.82) is 0 Å². The minimum absolute atomic E-state index is 0.0276. The van der Waals surface area contributed by atoms with Crippen molar-refractivity contribution in [2.24, 2.45) is 0 Å². The van der Waals surface area contributed by atoms with Crippen LogP contribution in [0, 0.1) is 0 Å². The molecule has 3 N–H and O–H groups in total. The molecule has 1 fully saturated rings. The summed E-state index contributed by atoms with van der Waals surface area (Å²) in [6.45, 7) is 25.6. The molecule has 2 aromatic rings. The maximum Gasteiger partial charge on any atom is 0.192 e. The largest absolute Gasteiger partial charge is 0.408 e. The number of hydrogen-bond acceptors (Lipinski definition) is 8. The molecule has 0 radical (unpaired) electrons. The van der Waals surface area contributed by atoms with E-state index in [0.29, 0.717) is 17.0 Å². The number of nitrogen functional groups attached to an aromatic ring is 1. The highest BCUT2D eigenvalue weighted by molar-refractivity contribution is 6.74. The molecule has 1 aliphatic rings. The van der Waals surface area contributed by atoms with Crippen molar-refractivity contribution in [3.05, 3.63) is 12.7 Å². The molecule has 3 heterocycles. The highest BCUT2D eigenvalue weighted by Crippen LogP contribution is 2.47. The fourth-order valence-corrected chi connectivity index (χ4v) is 6.35. The smallest absolute Gasteiger partial charge is 0.192 e. The summed E-state index contributed by atoms with van der Waals surface area (Å²) in [5.74, 6) is 0.307. The van der Waals surface area contributed by atoms with Gasteiger partial charge in [0.1, 0.15) is 30.2 Å². The lowest BCUT2D eigenvalue weighted by molar-refractivity contribution is -0.120. The lowest BCUT2D eigenvalue weighted by Crippen LogP contribution is -2.56. The molecule has 35 heavy (non-hydrogen) atoms. The van der Waals surface area contributed by atoms with E-state index in [2.05, 4.69) is 82.7 Å².